The molecular formula is C16H16FNO2S. The third kappa shape index (κ3) is 3.24. The van der Waals surface area contributed by atoms with E-state index in [1.54, 1.807) is 11.3 Å². The Morgan fingerprint density at radius 3 is 2.86 bits per heavy atom. The number of carbonyl (C=O) groups is 1. The minimum Gasteiger partial charge on any atom is -0.484 e. The van der Waals surface area contributed by atoms with Gasteiger partial charge in [-0.15, -0.1) is 11.3 Å². The van der Waals surface area contributed by atoms with Crippen molar-refractivity contribution in [3.8, 4) is 5.75 Å². The van der Waals surface area contributed by atoms with Crippen molar-refractivity contribution in [2.75, 3.05) is 13.2 Å². The van der Waals surface area contributed by atoms with E-state index in [0.717, 1.165) is 19.4 Å². The quantitative estimate of drug-likeness (QED) is 0.863. The van der Waals surface area contributed by atoms with E-state index in [9.17, 15) is 9.18 Å². The molecule has 0 N–H and O–H groups in total. The minimum absolute atomic E-state index is 0.00644. The molecule has 3 rings (SSSR count). The highest BCUT2D eigenvalue weighted by atomic mass is 32.1. The number of ether oxygens (including phenoxy) is 1. The molecule has 0 spiro atoms. The fourth-order valence-electron chi connectivity index (χ4n) is 2.60. The molecule has 1 saturated heterocycles. The molecule has 21 heavy (non-hydrogen) atoms. The molecule has 0 saturated carbocycles. The van der Waals surface area contributed by atoms with Crippen molar-refractivity contribution >= 4 is 17.2 Å². The summed E-state index contributed by atoms with van der Waals surface area (Å²) >= 11 is 1.68. The van der Waals surface area contributed by atoms with E-state index in [1.165, 1.54) is 29.1 Å². The van der Waals surface area contributed by atoms with Gasteiger partial charge in [0.1, 0.15) is 11.6 Å². The van der Waals surface area contributed by atoms with Gasteiger partial charge in [-0.1, -0.05) is 6.07 Å². The Hall–Kier alpha value is -1.88. The van der Waals surface area contributed by atoms with Crippen LogP contribution in [-0.2, 0) is 4.79 Å². The Labute approximate surface area is 127 Å². The molecule has 0 aliphatic carbocycles. The fourth-order valence-corrected chi connectivity index (χ4v) is 3.47. The highest BCUT2D eigenvalue weighted by Gasteiger charge is 2.30. The van der Waals surface area contributed by atoms with Gasteiger partial charge in [0, 0.05) is 11.4 Å². The van der Waals surface area contributed by atoms with Crippen LogP contribution < -0.4 is 4.74 Å². The molecule has 1 amide bonds. The number of hydrogen-bond donors (Lipinski definition) is 0. The Bertz CT molecular complexity index is 597. The summed E-state index contributed by atoms with van der Waals surface area (Å²) < 4.78 is 18.3. The van der Waals surface area contributed by atoms with Crippen molar-refractivity contribution < 1.29 is 13.9 Å². The zero-order chi connectivity index (χ0) is 14.7. The second kappa shape index (κ2) is 6.26. The van der Waals surface area contributed by atoms with E-state index in [2.05, 4.69) is 6.07 Å². The first-order valence-corrected chi connectivity index (χ1v) is 7.83. The lowest BCUT2D eigenvalue weighted by Gasteiger charge is -2.23. The van der Waals surface area contributed by atoms with Gasteiger partial charge in [-0.25, -0.2) is 4.39 Å². The number of likely N-dealkylation sites (tertiary alicyclic amines) is 1. The maximum absolute atomic E-state index is 12.8. The largest absolute Gasteiger partial charge is 0.484 e. The van der Waals surface area contributed by atoms with Crippen molar-refractivity contribution in [2.45, 2.75) is 18.9 Å². The summed E-state index contributed by atoms with van der Waals surface area (Å²) in [6.07, 6.45) is 2.02. The molecule has 1 aromatic heterocycles. The van der Waals surface area contributed by atoms with Gasteiger partial charge in [0.15, 0.2) is 6.61 Å². The SMILES string of the molecule is O=C(COc1ccc(F)cc1)N1CCCC1c1cccs1. The van der Waals surface area contributed by atoms with Crippen LogP contribution in [0.4, 0.5) is 4.39 Å². The first kappa shape index (κ1) is 14.1. The molecule has 5 heteroatoms. The second-order valence-corrected chi connectivity index (χ2v) is 5.98. The molecule has 3 nitrogen and oxygen atoms in total. The molecule has 1 aromatic carbocycles. The van der Waals surface area contributed by atoms with Gasteiger partial charge in [-0.2, -0.15) is 0 Å². The van der Waals surface area contributed by atoms with Gasteiger partial charge in [0.25, 0.3) is 5.91 Å². The van der Waals surface area contributed by atoms with Crippen LogP contribution in [0, 0.1) is 5.82 Å². The summed E-state index contributed by atoms with van der Waals surface area (Å²) in [5, 5.41) is 2.03. The predicted molar refractivity (Wildman–Crippen MR) is 79.9 cm³/mol. The number of benzene rings is 1. The van der Waals surface area contributed by atoms with E-state index in [-0.39, 0.29) is 24.4 Å². The van der Waals surface area contributed by atoms with Crippen LogP contribution in [-0.4, -0.2) is 24.0 Å². The Morgan fingerprint density at radius 1 is 1.33 bits per heavy atom. The molecular weight excluding hydrogens is 289 g/mol. The minimum atomic E-state index is -0.314. The van der Waals surface area contributed by atoms with Crippen LogP contribution in [0.2, 0.25) is 0 Å². The maximum Gasteiger partial charge on any atom is 0.261 e. The van der Waals surface area contributed by atoms with Crippen molar-refractivity contribution in [3.63, 3.8) is 0 Å². The number of hydrogen-bond acceptors (Lipinski definition) is 3. The number of amides is 1. The van der Waals surface area contributed by atoms with Gasteiger partial charge < -0.3 is 9.64 Å². The predicted octanol–water partition coefficient (Wildman–Crippen LogP) is 3.63. The molecule has 1 aliphatic rings. The average Bonchev–Trinajstić information content (AvgIpc) is 3.16. The molecule has 2 heterocycles. The summed E-state index contributed by atoms with van der Waals surface area (Å²) in [6.45, 7) is 0.766. The van der Waals surface area contributed by atoms with Crippen LogP contribution in [0.5, 0.6) is 5.75 Å². The van der Waals surface area contributed by atoms with Crippen LogP contribution in [0.1, 0.15) is 23.8 Å². The number of halogens is 1. The molecule has 1 unspecified atom stereocenters. The lowest BCUT2D eigenvalue weighted by Crippen LogP contribution is -2.34. The maximum atomic E-state index is 12.8. The summed E-state index contributed by atoms with van der Waals surface area (Å²) in [6, 6.07) is 9.97. The van der Waals surface area contributed by atoms with Crippen molar-refractivity contribution in [3.05, 3.63) is 52.5 Å². The first-order valence-electron chi connectivity index (χ1n) is 6.95. The molecule has 0 bridgehead atoms. The molecule has 1 atom stereocenters. The van der Waals surface area contributed by atoms with Crippen LogP contribution >= 0.6 is 11.3 Å². The highest BCUT2D eigenvalue weighted by Crippen LogP contribution is 2.34. The molecule has 2 aromatic rings. The summed E-state index contributed by atoms with van der Waals surface area (Å²) in [7, 11) is 0. The summed E-state index contributed by atoms with van der Waals surface area (Å²) in [5.41, 5.74) is 0. The summed E-state index contributed by atoms with van der Waals surface area (Å²) in [4.78, 5) is 15.4. The Kier molecular flexibility index (Phi) is 4.20. The number of nitrogens with zero attached hydrogens (tertiary/aromatic N) is 1. The monoisotopic (exact) mass is 305 g/mol. The van der Waals surface area contributed by atoms with E-state index in [1.807, 2.05) is 16.3 Å². The second-order valence-electron chi connectivity index (χ2n) is 5.00. The van der Waals surface area contributed by atoms with Gasteiger partial charge >= 0.3 is 0 Å². The van der Waals surface area contributed by atoms with Crippen LogP contribution in [0.15, 0.2) is 41.8 Å². The van der Waals surface area contributed by atoms with Crippen LogP contribution in [0.25, 0.3) is 0 Å². The third-order valence-corrected chi connectivity index (χ3v) is 4.59. The molecule has 110 valence electrons. The number of thiophene rings is 1. The summed E-state index contributed by atoms with van der Waals surface area (Å²) in [5.74, 6) is 0.179. The Morgan fingerprint density at radius 2 is 2.14 bits per heavy atom. The smallest absolute Gasteiger partial charge is 0.261 e. The standard InChI is InChI=1S/C16H16FNO2S/c17-12-5-7-13(8-6-12)20-11-16(19)18-9-1-3-14(18)15-4-2-10-21-15/h2,4-8,10,14H,1,3,9,11H2. The normalized spacial score (nSPS) is 18.0. The molecule has 1 fully saturated rings. The van der Waals surface area contributed by atoms with E-state index in [0.29, 0.717) is 5.75 Å². The Balaban J connectivity index is 1.61. The van der Waals surface area contributed by atoms with Crippen molar-refractivity contribution in [1.82, 2.24) is 4.90 Å². The molecule has 0 radical (unpaired) electrons. The van der Waals surface area contributed by atoms with Gasteiger partial charge in [0.05, 0.1) is 6.04 Å². The van der Waals surface area contributed by atoms with Gasteiger partial charge in [0.2, 0.25) is 0 Å². The van der Waals surface area contributed by atoms with Crippen LogP contribution in [0.3, 0.4) is 0 Å². The van der Waals surface area contributed by atoms with E-state index < -0.39 is 0 Å². The fraction of sp³-hybridized carbons (Fsp3) is 0.312. The van der Waals surface area contributed by atoms with E-state index >= 15 is 0 Å². The zero-order valence-electron chi connectivity index (χ0n) is 11.5. The number of rotatable bonds is 4. The zero-order valence-corrected chi connectivity index (χ0v) is 12.3. The first-order chi connectivity index (χ1) is 10.2. The highest BCUT2D eigenvalue weighted by molar-refractivity contribution is 7.10. The average molecular weight is 305 g/mol. The van der Waals surface area contributed by atoms with Gasteiger partial charge in [-0.05, 0) is 48.6 Å². The van der Waals surface area contributed by atoms with E-state index in [4.69, 9.17) is 4.74 Å². The lowest BCUT2D eigenvalue weighted by molar-refractivity contribution is -0.134. The third-order valence-electron chi connectivity index (χ3n) is 3.62. The molecule has 1 aliphatic heterocycles. The van der Waals surface area contributed by atoms with Gasteiger partial charge in [-0.3, -0.25) is 4.79 Å². The van der Waals surface area contributed by atoms with Crippen molar-refractivity contribution in [1.29, 1.82) is 0 Å². The topological polar surface area (TPSA) is 29.5 Å². The number of carbonyl (C=O) groups excluding carboxylic acids is 1. The lowest BCUT2D eigenvalue weighted by atomic mass is 10.2. The van der Waals surface area contributed by atoms with Crippen molar-refractivity contribution in [2.24, 2.45) is 0 Å².